The summed E-state index contributed by atoms with van der Waals surface area (Å²) in [5, 5.41) is 15.7. The minimum absolute atomic E-state index is 0.0998. The molecule has 0 unspecified atom stereocenters. The Morgan fingerprint density at radius 2 is 1.89 bits per heavy atom. The number of tetrazole rings is 1. The third-order valence-electron chi connectivity index (χ3n) is 6.78. The van der Waals surface area contributed by atoms with Gasteiger partial charge >= 0.3 is 0 Å². The molecule has 3 aromatic heterocycles. The highest BCUT2D eigenvalue weighted by Crippen LogP contribution is 2.34. The maximum atomic E-state index is 13.1. The molecule has 182 valence electrons. The van der Waals surface area contributed by atoms with Crippen molar-refractivity contribution >= 4 is 22.2 Å². The molecule has 4 aromatic rings. The lowest BCUT2D eigenvalue weighted by Crippen LogP contribution is -2.28. The lowest BCUT2D eigenvalue weighted by molar-refractivity contribution is 0.172. The average Bonchev–Trinajstić information content (AvgIpc) is 3.56. The van der Waals surface area contributed by atoms with Gasteiger partial charge < -0.3 is 14.5 Å². The van der Waals surface area contributed by atoms with Crippen LogP contribution in [0.1, 0.15) is 54.4 Å². The first kappa shape index (κ1) is 22.2. The van der Waals surface area contributed by atoms with E-state index in [0.717, 1.165) is 29.6 Å². The first-order chi connectivity index (χ1) is 17.2. The Hall–Kier alpha value is -3.24. The van der Waals surface area contributed by atoms with E-state index >= 15 is 0 Å². The highest BCUT2D eigenvalue weighted by atomic mass is 32.1. The molecule has 1 fully saturated rings. The summed E-state index contributed by atoms with van der Waals surface area (Å²) in [6.07, 6.45) is 5.94. The Kier molecular flexibility index (Phi) is 6.22. The van der Waals surface area contributed by atoms with Gasteiger partial charge in [0.2, 0.25) is 0 Å². The lowest BCUT2D eigenvalue weighted by Gasteiger charge is -2.25. The van der Waals surface area contributed by atoms with Gasteiger partial charge in [-0.1, -0.05) is 25.3 Å². The maximum Gasteiger partial charge on any atom is 0.252 e. The minimum Gasteiger partial charge on any atom is -0.486 e. The Morgan fingerprint density at radius 1 is 1.06 bits per heavy atom. The van der Waals surface area contributed by atoms with Crippen LogP contribution in [-0.4, -0.2) is 43.3 Å². The quantitative estimate of drug-likeness (QED) is 0.415. The van der Waals surface area contributed by atoms with Crippen molar-refractivity contribution in [2.24, 2.45) is 0 Å². The highest BCUT2D eigenvalue weighted by Gasteiger charge is 2.22. The van der Waals surface area contributed by atoms with Crippen LogP contribution in [0.5, 0.6) is 11.5 Å². The van der Waals surface area contributed by atoms with Crippen LogP contribution in [0.15, 0.2) is 40.5 Å². The lowest BCUT2D eigenvalue weighted by atomic mass is 9.95. The van der Waals surface area contributed by atoms with E-state index in [9.17, 15) is 4.79 Å². The molecule has 0 bridgehead atoms. The second-order valence-corrected chi connectivity index (χ2v) is 10.3. The fourth-order valence-corrected chi connectivity index (χ4v) is 5.81. The predicted octanol–water partition coefficient (Wildman–Crippen LogP) is 4.05. The largest absolute Gasteiger partial charge is 0.486 e. The van der Waals surface area contributed by atoms with Gasteiger partial charge in [-0.3, -0.25) is 9.69 Å². The molecule has 4 heterocycles. The third-order valence-corrected chi connectivity index (χ3v) is 7.65. The zero-order chi connectivity index (χ0) is 23.6. The number of hydrogen-bond acceptors (Lipinski definition) is 8. The molecule has 9 nitrogen and oxygen atoms in total. The second-order valence-electron chi connectivity index (χ2n) is 9.26. The SMILES string of the molecule is O=c1[nH]c2cc3c(cc2cc1CN(Cc1cccs1)Cc1nnnn1C1CCCCC1)OCCO3. The Balaban J connectivity index is 1.30. The summed E-state index contributed by atoms with van der Waals surface area (Å²) in [5.41, 5.74) is 1.34. The minimum atomic E-state index is -0.0998. The van der Waals surface area contributed by atoms with E-state index < -0.39 is 0 Å². The van der Waals surface area contributed by atoms with Crippen molar-refractivity contribution in [3.63, 3.8) is 0 Å². The summed E-state index contributed by atoms with van der Waals surface area (Å²) < 4.78 is 13.4. The average molecular weight is 493 g/mol. The van der Waals surface area contributed by atoms with Gasteiger partial charge in [-0.2, -0.15) is 0 Å². The Labute approximate surface area is 206 Å². The van der Waals surface area contributed by atoms with E-state index in [-0.39, 0.29) is 5.56 Å². The molecule has 2 aliphatic rings. The Bertz CT molecular complexity index is 1360. The van der Waals surface area contributed by atoms with Crippen molar-refractivity contribution in [3.05, 3.63) is 62.3 Å². The molecule has 1 aliphatic heterocycles. The van der Waals surface area contributed by atoms with Crippen molar-refractivity contribution < 1.29 is 9.47 Å². The number of pyridine rings is 1. The van der Waals surface area contributed by atoms with Crippen LogP contribution in [0.3, 0.4) is 0 Å². The first-order valence-electron chi connectivity index (χ1n) is 12.2. The van der Waals surface area contributed by atoms with E-state index in [2.05, 4.69) is 42.9 Å². The first-order valence-corrected chi connectivity index (χ1v) is 13.1. The van der Waals surface area contributed by atoms with Crippen molar-refractivity contribution in [2.75, 3.05) is 13.2 Å². The van der Waals surface area contributed by atoms with Crippen molar-refractivity contribution in [3.8, 4) is 11.5 Å². The van der Waals surface area contributed by atoms with Crippen LogP contribution in [0.25, 0.3) is 10.9 Å². The van der Waals surface area contributed by atoms with Crippen molar-refractivity contribution in [1.82, 2.24) is 30.1 Å². The van der Waals surface area contributed by atoms with Gasteiger partial charge in [0, 0.05) is 35.0 Å². The summed E-state index contributed by atoms with van der Waals surface area (Å²) >= 11 is 1.71. The fraction of sp³-hybridized carbons (Fsp3) is 0.440. The van der Waals surface area contributed by atoms with Gasteiger partial charge in [-0.15, -0.1) is 16.4 Å². The molecule has 6 rings (SSSR count). The number of aromatic amines is 1. The molecule has 35 heavy (non-hydrogen) atoms. The zero-order valence-electron chi connectivity index (χ0n) is 19.5. The molecule has 0 amide bonds. The number of H-pyrrole nitrogens is 1. The molecule has 0 spiro atoms. The third kappa shape index (κ3) is 4.81. The molecule has 10 heteroatoms. The van der Waals surface area contributed by atoms with Crippen LogP contribution >= 0.6 is 11.3 Å². The van der Waals surface area contributed by atoms with E-state index in [1.54, 1.807) is 11.3 Å². The van der Waals surface area contributed by atoms with Crippen molar-refractivity contribution in [1.29, 1.82) is 0 Å². The molecule has 1 aromatic carbocycles. The number of nitrogens with one attached hydrogen (secondary N) is 1. The monoisotopic (exact) mass is 492 g/mol. The number of hydrogen-bond donors (Lipinski definition) is 1. The van der Waals surface area contributed by atoms with Gasteiger partial charge in [-0.25, -0.2) is 4.68 Å². The summed E-state index contributed by atoms with van der Waals surface area (Å²) in [5.74, 6) is 2.23. The topological polar surface area (TPSA) is 98.2 Å². The molecule has 1 N–H and O–H groups in total. The fourth-order valence-electron chi connectivity index (χ4n) is 5.06. The van der Waals surface area contributed by atoms with Crippen LogP contribution in [-0.2, 0) is 19.6 Å². The number of rotatable bonds is 7. The molecule has 0 radical (unpaired) electrons. The molecule has 1 saturated carbocycles. The van der Waals surface area contributed by atoms with Gasteiger partial charge in [0.05, 0.1) is 18.1 Å². The highest BCUT2D eigenvalue weighted by molar-refractivity contribution is 7.09. The zero-order valence-corrected chi connectivity index (χ0v) is 20.3. The summed E-state index contributed by atoms with van der Waals surface area (Å²) in [6.45, 7) is 2.81. The van der Waals surface area contributed by atoms with Gasteiger partial charge in [0.25, 0.3) is 5.56 Å². The predicted molar refractivity (Wildman–Crippen MR) is 133 cm³/mol. The summed E-state index contributed by atoms with van der Waals surface area (Å²) in [6, 6.07) is 10.3. The Morgan fingerprint density at radius 3 is 2.69 bits per heavy atom. The normalized spacial score (nSPS) is 16.3. The van der Waals surface area contributed by atoms with E-state index in [4.69, 9.17) is 9.47 Å². The second kappa shape index (κ2) is 9.79. The molecular formula is C25H28N6O3S. The number of nitrogens with zero attached hydrogens (tertiary/aromatic N) is 5. The number of ether oxygens (including phenoxy) is 2. The molecule has 0 atom stereocenters. The van der Waals surface area contributed by atoms with Gasteiger partial charge in [-0.05, 0) is 46.8 Å². The summed E-state index contributed by atoms with van der Waals surface area (Å²) in [4.78, 5) is 19.6. The molecule has 1 aliphatic carbocycles. The van der Waals surface area contributed by atoms with E-state index in [0.29, 0.717) is 56.0 Å². The van der Waals surface area contributed by atoms with Crippen molar-refractivity contribution in [2.45, 2.75) is 57.8 Å². The van der Waals surface area contributed by atoms with Crippen LogP contribution in [0.2, 0.25) is 0 Å². The number of benzene rings is 1. The standard InChI is InChI=1S/C25H28N6O3S/c32-25-18(11-17-12-22-23(13-21(17)26-25)34-9-8-33-22)14-30(15-20-7-4-10-35-20)16-24-27-28-29-31(24)19-5-2-1-3-6-19/h4,7,10-13,19H,1-3,5-6,8-9,14-16H2,(H,26,32). The number of fused-ring (bicyclic) bond motifs is 2. The van der Waals surface area contributed by atoms with Crippen LogP contribution in [0, 0.1) is 0 Å². The maximum absolute atomic E-state index is 13.1. The summed E-state index contributed by atoms with van der Waals surface area (Å²) in [7, 11) is 0. The van der Waals surface area contributed by atoms with E-state index in [1.165, 1.54) is 24.1 Å². The van der Waals surface area contributed by atoms with Crippen LogP contribution in [0.4, 0.5) is 0 Å². The van der Waals surface area contributed by atoms with Crippen LogP contribution < -0.4 is 15.0 Å². The number of aromatic nitrogens is 5. The van der Waals surface area contributed by atoms with Gasteiger partial charge in [0.1, 0.15) is 13.2 Å². The molecular weight excluding hydrogens is 464 g/mol. The van der Waals surface area contributed by atoms with Gasteiger partial charge in [0.15, 0.2) is 17.3 Å². The van der Waals surface area contributed by atoms with E-state index in [1.807, 2.05) is 22.9 Å². The molecule has 0 saturated heterocycles. The number of thiophene rings is 1. The smallest absolute Gasteiger partial charge is 0.252 e.